The second-order valence-corrected chi connectivity index (χ2v) is 7.18. The SMILES string of the molecule is COCCCCOc1ccccc1CNC(C)CC1CCCCC1. The van der Waals surface area contributed by atoms with Crippen molar-refractivity contribution in [1.29, 1.82) is 0 Å². The second kappa shape index (κ2) is 11.5. The van der Waals surface area contributed by atoms with Crippen LogP contribution in [0.4, 0.5) is 0 Å². The number of methoxy groups -OCH3 is 1. The van der Waals surface area contributed by atoms with Crippen LogP contribution in [0.2, 0.25) is 0 Å². The van der Waals surface area contributed by atoms with E-state index >= 15 is 0 Å². The van der Waals surface area contributed by atoms with E-state index in [-0.39, 0.29) is 0 Å². The van der Waals surface area contributed by atoms with Crippen LogP contribution in [-0.2, 0) is 11.3 Å². The summed E-state index contributed by atoms with van der Waals surface area (Å²) in [7, 11) is 1.75. The van der Waals surface area contributed by atoms with Gasteiger partial charge in [0.05, 0.1) is 6.61 Å². The fraction of sp³-hybridized carbons (Fsp3) is 0.714. The summed E-state index contributed by atoms with van der Waals surface area (Å²) in [6.45, 7) is 4.79. The summed E-state index contributed by atoms with van der Waals surface area (Å²) < 4.78 is 11.0. The molecule has 1 N–H and O–H groups in total. The van der Waals surface area contributed by atoms with Crippen LogP contribution in [0.5, 0.6) is 5.75 Å². The van der Waals surface area contributed by atoms with Crippen molar-refractivity contribution in [2.75, 3.05) is 20.3 Å². The first-order valence-corrected chi connectivity index (χ1v) is 9.72. The Morgan fingerprint density at radius 3 is 2.62 bits per heavy atom. The lowest BCUT2D eigenvalue weighted by Gasteiger charge is -2.25. The molecule has 1 saturated carbocycles. The number of benzene rings is 1. The fourth-order valence-corrected chi connectivity index (χ4v) is 3.61. The van der Waals surface area contributed by atoms with E-state index in [4.69, 9.17) is 9.47 Å². The van der Waals surface area contributed by atoms with Gasteiger partial charge in [0.25, 0.3) is 0 Å². The Morgan fingerprint density at radius 1 is 1.08 bits per heavy atom. The van der Waals surface area contributed by atoms with Gasteiger partial charge in [-0.2, -0.15) is 0 Å². The molecule has 136 valence electrons. The largest absolute Gasteiger partial charge is 0.493 e. The van der Waals surface area contributed by atoms with Gasteiger partial charge < -0.3 is 14.8 Å². The van der Waals surface area contributed by atoms with Crippen LogP contribution in [0.25, 0.3) is 0 Å². The van der Waals surface area contributed by atoms with E-state index in [0.29, 0.717) is 6.04 Å². The Bertz CT molecular complexity index is 443. The molecule has 1 aliphatic rings. The summed E-state index contributed by atoms with van der Waals surface area (Å²) in [6, 6.07) is 8.98. The van der Waals surface area contributed by atoms with Gasteiger partial charge in [-0.05, 0) is 38.2 Å². The zero-order valence-electron chi connectivity index (χ0n) is 15.6. The maximum absolute atomic E-state index is 5.97. The van der Waals surface area contributed by atoms with Crippen molar-refractivity contribution in [3.63, 3.8) is 0 Å². The van der Waals surface area contributed by atoms with Crippen LogP contribution in [0, 0.1) is 5.92 Å². The molecule has 0 amide bonds. The maximum atomic E-state index is 5.97. The zero-order chi connectivity index (χ0) is 17.0. The quantitative estimate of drug-likeness (QED) is 0.582. The third-order valence-electron chi connectivity index (χ3n) is 5.03. The van der Waals surface area contributed by atoms with Gasteiger partial charge in [-0.3, -0.25) is 0 Å². The van der Waals surface area contributed by atoms with E-state index < -0.39 is 0 Å². The summed E-state index contributed by atoms with van der Waals surface area (Å²) >= 11 is 0. The molecule has 0 aliphatic heterocycles. The van der Waals surface area contributed by atoms with Crippen molar-refractivity contribution in [1.82, 2.24) is 5.32 Å². The van der Waals surface area contributed by atoms with E-state index in [2.05, 4.69) is 36.5 Å². The van der Waals surface area contributed by atoms with Crippen LogP contribution in [0.3, 0.4) is 0 Å². The summed E-state index contributed by atoms with van der Waals surface area (Å²) in [4.78, 5) is 0. The van der Waals surface area contributed by atoms with Crippen molar-refractivity contribution in [3.8, 4) is 5.75 Å². The molecule has 0 saturated heterocycles. The average molecular weight is 334 g/mol. The second-order valence-electron chi connectivity index (χ2n) is 7.18. The highest BCUT2D eigenvalue weighted by molar-refractivity contribution is 5.33. The summed E-state index contributed by atoms with van der Waals surface area (Å²) in [5, 5.41) is 3.70. The summed E-state index contributed by atoms with van der Waals surface area (Å²) in [6.07, 6.45) is 10.5. The minimum absolute atomic E-state index is 0.572. The lowest BCUT2D eigenvalue weighted by Crippen LogP contribution is -2.28. The monoisotopic (exact) mass is 333 g/mol. The van der Waals surface area contributed by atoms with E-state index in [1.54, 1.807) is 7.11 Å². The Morgan fingerprint density at radius 2 is 1.83 bits per heavy atom. The summed E-state index contributed by atoms with van der Waals surface area (Å²) in [5.74, 6) is 1.95. The van der Waals surface area contributed by atoms with Crippen molar-refractivity contribution in [2.45, 2.75) is 70.9 Å². The van der Waals surface area contributed by atoms with Crippen LogP contribution in [-0.4, -0.2) is 26.4 Å². The zero-order valence-corrected chi connectivity index (χ0v) is 15.6. The molecule has 1 aromatic carbocycles. The van der Waals surface area contributed by atoms with E-state index in [1.807, 2.05) is 0 Å². The molecule has 0 radical (unpaired) electrons. The van der Waals surface area contributed by atoms with E-state index in [1.165, 1.54) is 44.1 Å². The van der Waals surface area contributed by atoms with Gasteiger partial charge >= 0.3 is 0 Å². The molecular weight excluding hydrogens is 298 g/mol. The predicted molar refractivity (Wildman–Crippen MR) is 101 cm³/mol. The molecule has 3 nitrogen and oxygen atoms in total. The van der Waals surface area contributed by atoms with Gasteiger partial charge in [0.15, 0.2) is 0 Å². The minimum Gasteiger partial charge on any atom is -0.493 e. The van der Waals surface area contributed by atoms with Gasteiger partial charge in [0.1, 0.15) is 5.75 Å². The van der Waals surface area contributed by atoms with Crippen LogP contribution in [0.1, 0.15) is 63.9 Å². The lowest BCUT2D eigenvalue weighted by molar-refractivity contribution is 0.184. The number of ether oxygens (including phenoxy) is 2. The molecule has 0 aromatic heterocycles. The fourth-order valence-electron chi connectivity index (χ4n) is 3.61. The van der Waals surface area contributed by atoms with Gasteiger partial charge in [0, 0.05) is 31.9 Å². The molecule has 1 atom stereocenters. The van der Waals surface area contributed by atoms with Crippen LogP contribution in [0.15, 0.2) is 24.3 Å². The molecule has 0 bridgehead atoms. The first kappa shape index (κ1) is 19.3. The Kier molecular flexibility index (Phi) is 9.22. The van der Waals surface area contributed by atoms with Crippen molar-refractivity contribution in [2.24, 2.45) is 5.92 Å². The Labute approximate surface area is 148 Å². The number of rotatable bonds is 11. The molecular formula is C21H35NO2. The van der Waals surface area contributed by atoms with Crippen molar-refractivity contribution in [3.05, 3.63) is 29.8 Å². The highest BCUT2D eigenvalue weighted by Crippen LogP contribution is 2.27. The first-order valence-electron chi connectivity index (χ1n) is 9.72. The lowest BCUT2D eigenvalue weighted by atomic mass is 9.85. The number of nitrogens with one attached hydrogen (secondary N) is 1. The molecule has 3 heteroatoms. The van der Waals surface area contributed by atoms with E-state index in [0.717, 1.165) is 44.3 Å². The molecule has 1 unspecified atom stereocenters. The van der Waals surface area contributed by atoms with Crippen molar-refractivity contribution < 1.29 is 9.47 Å². The van der Waals surface area contributed by atoms with Crippen LogP contribution < -0.4 is 10.1 Å². The number of hydrogen-bond donors (Lipinski definition) is 1. The van der Waals surface area contributed by atoms with Gasteiger partial charge in [-0.1, -0.05) is 50.3 Å². The molecule has 24 heavy (non-hydrogen) atoms. The highest BCUT2D eigenvalue weighted by Gasteiger charge is 2.16. The highest BCUT2D eigenvalue weighted by atomic mass is 16.5. The normalized spacial score (nSPS) is 16.9. The topological polar surface area (TPSA) is 30.5 Å². The Balaban J connectivity index is 1.72. The standard InChI is InChI=1S/C21H35NO2/c1-18(16-19-10-4-3-5-11-19)22-17-20-12-6-7-13-21(20)24-15-9-8-14-23-2/h6-7,12-13,18-19,22H,3-5,8-11,14-17H2,1-2H3. The third-order valence-corrected chi connectivity index (χ3v) is 5.03. The maximum Gasteiger partial charge on any atom is 0.123 e. The smallest absolute Gasteiger partial charge is 0.123 e. The number of para-hydroxylation sites is 1. The molecule has 1 fully saturated rings. The molecule has 1 aliphatic carbocycles. The van der Waals surface area contributed by atoms with Crippen molar-refractivity contribution >= 4 is 0 Å². The summed E-state index contributed by atoms with van der Waals surface area (Å²) in [5.41, 5.74) is 1.26. The van der Waals surface area contributed by atoms with Gasteiger partial charge in [-0.25, -0.2) is 0 Å². The minimum atomic E-state index is 0.572. The third kappa shape index (κ3) is 7.23. The van der Waals surface area contributed by atoms with Crippen LogP contribution >= 0.6 is 0 Å². The molecule has 0 spiro atoms. The van der Waals surface area contributed by atoms with Gasteiger partial charge in [-0.15, -0.1) is 0 Å². The Hall–Kier alpha value is -1.06. The molecule has 0 heterocycles. The molecule has 1 aromatic rings. The van der Waals surface area contributed by atoms with Gasteiger partial charge in [0.2, 0.25) is 0 Å². The first-order chi connectivity index (χ1) is 11.8. The molecule has 2 rings (SSSR count). The number of hydrogen-bond acceptors (Lipinski definition) is 3. The average Bonchev–Trinajstić information content (AvgIpc) is 2.61. The predicted octanol–water partition coefficient (Wildman–Crippen LogP) is 4.94. The van der Waals surface area contributed by atoms with E-state index in [9.17, 15) is 0 Å². The number of unbranched alkanes of at least 4 members (excludes halogenated alkanes) is 1.